The van der Waals surface area contributed by atoms with E-state index in [-0.39, 0.29) is 5.56 Å². The minimum atomic E-state index is -4.51. The molecule has 0 fully saturated rings. The molecule has 0 saturated carbocycles. The van der Waals surface area contributed by atoms with Crippen molar-refractivity contribution < 1.29 is 23.4 Å². The minimum absolute atomic E-state index is 0.0399. The van der Waals surface area contributed by atoms with Crippen molar-refractivity contribution in [2.24, 2.45) is 0 Å². The van der Waals surface area contributed by atoms with Crippen LogP contribution in [0.15, 0.2) is 30.3 Å². The van der Waals surface area contributed by atoms with Crippen molar-refractivity contribution in [3.05, 3.63) is 35.9 Å². The first-order valence-electron chi connectivity index (χ1n) is 5.43. The minimum Gasteiger partial charge on any atom is -0.394 e. The third kappa shape index (κ3) is 3.69. The van der Waals surface area contributed by atoms with E-state index in [0.717, 1.165) is 0 Å². The van der Waals surface area contributed by atoms with E-state index in [0.29, 0.717) is 0 Å². The van der Waals surface area contributed by atoms with Crippen molar-refractivity contribution in [3.8, 4) is 0 Å². The molecule has 6 heteroatoms. The molecular weight excluding hydrogens is 247 g/mol. The zero-order chi connectivity index (χ0) is 13.8. The highest BCUT2D eigenvalue weighted by Crippen LogP contribution is 2.34. The Labute approximate surface area is 103 Å². The van der Waals surface area contributed by atoms with Gasteiger partial charge in [-0.05, 0) is 12.5 Å². The number of rotatable bonds is 5. The second-order valence-corrected chi connectivity index (χ2v) is 4.41. The largest absolute Gasteiger partial charge is 0.407 e. The van der Waals surface area contributed by atoms with Gasteiger partial charge in [0.2, 0.25) is 0 Å². The van der Waals surface area contributed by atoms with Gasteiger partial charge in [-0.25, -0.2) is 0 Å². The molecule has 0 aliphatic rings. The smallest absolute Gasteiger partial charge is 0.394 e. The van der Waals surface area contributed by atoms with Gasteiger partial charge in [0.1, 0.15) is 6.04 Å². The molecule has 0 aliphatic heterocycles. The molecule has 0 saturated heterocycles. The van der Waals surface area contributed by atoms with Crippen LogP contribution in [0.1, 0.15) is 18.5 Å². The van der Waals surface area contributed by atoms with Crippen molar-refractivity contribution >= 4 is 0 Å². The highest BCUT2D eigenvalue weighted by molar-refractivity contribution is 5.21. The van der Waals surface area contributed by atoms with E-state index < -0.39 is 31.0 Å². The fourth-order valence-electron chi connectivity index (χ4n) is 1.49. The van der Waals surface area contributed by atoms with Gasteiger partial charge in [-0.2, -0.15) is 13.2 Å². The van der Waals surface area contributed by atoms with Gasteiger partial charge in [0.15, 0.2) is 0 Å². The summed E-state index contributed by atoms with van der Waals surface area (Å²) in [6.45, 7) is 0.139. The van der Waals surface area contributed by atoms with Crippen LogP contribution < -0.4 is 5.32 Å². The number of aliphatic hydroxyl groups is 2. The van der Waals surface area contributed by atoms with Crippen molar-refractivity contribution in [3.63, 3.8) is 0 Å². The van der Waals surface area contributed by atoms with Crippen molar-refractivity contribution in [2.75, 3.05) is 13.2 Å². The van der Waals surface area contributed by atoms with Gasteiger partial charge < -0.3 is 10.2 Å². The van der Waals surface area contributed by atoms with Gasteiger partial charge in [-0.15, -0.1) is 0 Å². The second-order valence-electron chi connectivity index (χ2n) is 4.41. The Kier molecular flexibility index (Phi) is 4.72. The van der Waals surface area contributed by atoms with E-state index in [1.165, 1.54) is 31.2 Å². The summed E-state index contributed by atoms with van der Waals surface area (Å²) in [6, 6.07) is 5.40. The first-order chi connectivity index (χ1) is 8.32. The number of hydrogen-bond acceptors (Lipinski definition) is 3. The maximum absolute atomic E-state index is 13.0. The predicted octanol–water partition coefficient (Wildman–Crippen LogP) is 1.62. The van der Waals surface area contributed by atoms with E-state index in [1.54, 1.807) is 6.07 Å². The summed E-state index contributed by atoms with van der Waals surface area (Å²) in [6.07, 6.45) is -4.51. The number of hydrogen-bond donors (Lipinski definition) is 3. The molecule has 1 unspecified atom stereocenters. The first-order valence-corrected chi connectivity index (χ1v) is 5.43. The Morgan fingerprint density at radius 1 is 1.11 bits per heavy atom. The fraction of sp³-hybridized carbons (Fsp3) is 0.500. The van der Waals surface area contributed by atoms with E-state index in [1.807, 2.05) is 0 Å². The SMILES string of the molecule is CC(CO)(CO)NC(c1ccccc1)C(F)(F)F. The molecular formula is C12H16F3NO2. The molecule has 0 aliphatic carbocycles. The molecule has 3 N–H and O–H groups in total. The summed E-state index contributed by atoms with van der Waals surface area (Å²) in [5.74, 6) is 0. The highest BCUT2D eigenvalue weighted by Gasteiger charge is 2.44. The summed E-state index contributed by atoms with van der Waals surface area (Å²) < 4.78 is 38.9. The predicted molar refractivity (Wildman–Crippen MR) is 61.0 cm³/mol. The molecule has 3 nitrogen and oxygen atoms in total. The fourth-order valence-corrected chi connectivity index (χ4v) is 1.49. The van der Waals surface area contributed by atoms with Gasteiger partial charge in [-0.1, -0.05) is 30.3 Å². The van der Waals surface area contributed by atoms with Crippen LogP contribution in [0.5, 0.6) is 0 Å². The van der Waals surface area contributed by atoms with E-state index in [2.05, 4.69) is 5.32 Å². The van der Waals surface area contributed by atoms with E-state index in [9.17, 15) is 13.2 Å². The molecule has 102 valence electrons. The molecule has 0 radical (unpaired) electrons. The van der Waals surface area contributed by atoms with E-state index in [4.69, 9.17) is 10.2 Å². The molecule has 0 amide bonds. The lowest BCUT2D eigenvalue weighted by Gasteiger charge is -2.33. The molecule has 0 heterocycles. The number of aliphatic hydroxyl groups excluding tert-OH is 2. The van der Waals surface area contributed by atoms with Crippen LogP contribution in [0.2, 0.25) is 0 Å². The monoisotopic (exact) mass is 263 g/mol. The third-order valence-corrected chi connectivity index (χ3v) is 2.65. The second kappa shape index (κ2) is 5.69. The lowest BCUT2D eigenvalue weighted by atomic mass is 9.99. The van der Waals surface area contributed by atoms with Gasteiger partial charge in [0, 0.05) is 0 Å². The topological polar surface area (TPSA) is 52.5 Å². The maximum Gasteiger partial charge on any atom is 0.407 e. The van der Waals surface area contributed by atoms with Crippen LogP contribution in [0, 0.1) is 0 Å². The molecule has 1 atom stereocenters. The molecule has 0 bridgehead atoms. The Morgan fingerprint density at radius 3 is 2.00 bits per heavy atom. The number of nitrogens with one attached hydrogen (secondary N) is 1. The number of halogens is 3. The summed E-state index contributed by atoms with van der Waals surface area (Å²) in [7, 11) is 0. The van der Waals surface area contributed by atoms with Crippen LogP contribution in [0.25, 0.3) is 0 Å². The van der Waals surface area contributed by atoms with E-state index >= 15 is 0 Å². The van der Waals surface area contributed by atoms with Gasteiger partial charge in [-0.3, -0.25) is 5.32 Å². The Bertz CT molecular complexity index is 363. The molecule has 1 rings (SSSR count). The number of alkyl halides is 3. The van der Waals surface area contributed by atoms with Gasteiger partial charge in [0.25, 0.3) is 0 Å². The average molecular weight is 263 g/mol. The molecule has 18 heavy (non-hydrogen) atoms. The van der Waals surface area contributed by atoms with Crippen molar-refractivity contribution in [1.29, 1.82) is 0 Å². The van der Waals surface area contributed by atoms with Crippen molar-refractivity contribution in [2.45, 2.75) is 24.7 Å². The quantitative estimate of drug-likeness (QED) is 0.756. The zero-order valence-electron chi connectivity index (χ0n) is 9.91. The van der Waals surface area contributed by atoms with Crippen LogP contribution >= 0.6 is 0 Å². The molecule has 1 aromatic rings. The lowest BCUT2D eigenvalue weighted by molar-refractivity contribution is -0.165. The van der Waals surface area contributed by atoms with Crippen LogP contribution in [0.3, 0.4) is 0 Å². The van der Waals surface area contributed by atoms with Crippen LogP contribution in [-0.4, -0.2) is 35.1 Å². The highest BCUT2D eigenvalue weighted by atomic mass is 19.4. The number of benzene rings is 1. The first kappa shape index (κ1) is 14.9. The summed E-state index contributed by atoms with van der Waals surface area (Å²) >= 11 is 0. The Hall–Kier alpha value is -1.11. The lowest BCUT2D eigenvalue weighted by Crippen LogP contribution is -2.53. The van der Waals surface area contributed by atoms with Crippen LogP contribution in [0.4, 0.5) is 13.2 Å². The summed E-state index contributed by atoms with van der Waals surface area (Å²) in [4.78, 5) is 0. The van der Waals surface area contributed by atoms with Gasteiger partial charge in [0.05, 0.1) is 18.8 Å². The maximum atomic E-state index is 13.0. The summed E-state index contributed by atoms with van der Waals surface area (Å²) in [5.41, 5.74) is -1.35. The molecule has 0 spiro atoms. The normalized spacial score (nSPS) is 14.6. The van der Waals surface area contributed by atoms with Gasteiger partial charge >= 0.3 is 6.18 Å². The van der Waals surface area contributed by atoms with Crippen molar-refractivity contribution in [1.82, 2.24) is 5.32 Å². The Balaban J connectivity index is 3.02. The standard InChI is InChI=1S/C12H16F3NO2/c1-11(7-17,8-18)16-10(12(13,14)15)9-5-3-2-4-6-9/h2-6,10,16-18H,7-8H2,1H3. The summed E-state index contributed by atoms with van der Waals surface area (Å²) in [5, 5.41) is 20.4. The molecule has 1 aromatic carbocycles. The Morgan fingerprint density at radius 2 is 1.61 bits per heavy atom. The molecule has 0 aromatic heterocycles. The average Bonchev–Trinajstić information content (AvgIpc) is 2.35. The van der Waals surface area contributed by atoms with Crippen LogP contribution in [-0.2, 0) is 0 Å². The zero-order valence-corrected chi connectivity index (χ0v) is 9.91. The third-order valence-electron chi connectivity index (χ3n) is 2.65.